The van der Waals surface area contributed by atoms with Crippen molar-refractivity contribution in [3.05, 3.63) is 34.3 Å². The van der Waals surface area contributed by atoms with Crippen LogP contribution in [0.15, 0.2) is 28.7 Å². The van der Waals surface area contributed by atoms with Gasteiger partial charge in [0.15, 0.2) is 0 Å². The predicted octanol–water partition coefficient (Wildman–Crippen LogP) is 2.62. The second-order valence-electron chi connectivity index (χ2n) is 5.76. The summed E-state index contributed by atoms with van der Waals surface area (Å²) >= 11 is 3.41. The Morgan fingerprint density at radius 1 is 1.10 bits per heavy atom. The number of amides is 2. The van der Waals surface area contributed by atoms with E-state index < -0.39 is 0 Å². The maximum Gasteiger partial charge on any atom is 0.234 e. The van der Waals surface area contributed by atoms with Gasteiger partial charge < -0.3 is 4.74 Å². The van der Waals surface area contributed by atoms with Gasteiger partial charge in [-0.25, -0.2) is 0 Å². The van der Waals surface area contributed by atoms with Crippen LogP contribution in [-0.4, -0.2) is 25.0 Å². The van der Waals surface area contributed by atoms with E-state index in [2.05, 4.69) is 21.2 Å². The van der Waals surface area contributed by atoms with E-state index in [4.69, 9.17) is 4.74 Å². The molecule has 0 spiro atoms. The van der Waals surface area contributed by atoms with Gasteiger partial charge >= 0.3 is 0 Å². The summed E-state index contributed by atoms with van der Waals surface area (Å²) < 4.78 is 6.40. The number of ether oxygens (including phenoxy) is 1. The average Bonchev–Trinajstić information content (AvgIpc) is 2.49. The van der Waals surface area contributed by atoms with Crippen molar-refractivity contribution in [2.45, 2.75) is 25.2 Å². The Hall–Kier alpha value is -1.20. The first-order chi connectivity index (χ1) is 10.1. The van der Waals surface area contributed by atoms with Crippen LogP contribution in [0.1, 0.15) is 30.7 Å². The third-order valence-electron chi connectivity index (χ3n) is 4.49. The van der Waals surface area contributed by atoms with Crippen molar-refractivity contribution < 1.29 is 14.3 Å². The number of carbonyl (C=O) groups excluding carboxylic acids is 2. The maximum atomic E-state index is 12.4. The minimum atomic E-state index is -0.237. The lowest BCUT2D eigenvalue weighted by molar-refractivity contribution is -0.138. The van der Waals surface area contributed by atoms with Crippen molar-refractivity contribution in [1.29, 1.82) is 0 Å². The standard InChI is InChI=1S/C16H18BrNO3/c17-12-3-1-11(2-4-12)15-13(9-14(19)18-16(15)20)10-5-7-21-8-6-10/h1-4,10,13,15H,5-9H2,(H,18,19,20). The Labute approximate surface area is 132 Å². The van der Waals surface area contributed by atoms with Crippen molar-refractivity contribution in [3.8, 4) is 0 Å². The number of nitrogens with one attached hydrogen (secondary N) is 1. The molecule has 3 rings (SSSR count). The van der Waals surface area contributed by atoms with E-state index in [0.29, 0.717) is 12.3 Å². The quantitative estimate of drug-likeness (QED) is 0.833. The molecule has 1 aromatic carbocycles. The van der Waals surface area contributed by atoms with Crippen LogP contribution in [0.3, 0.4) is 0 Å². The monoisotopic (exact) mass is 351 g/mol. The summed E-state index contributed by atoms with van der Waals surface area (Å²) in [6.45, 7) is 1.45. The molecule has 0 aromatic heterocycles. The summed E-state index contributed by atoms with van der Waals surface area (Å²) in [5.74, 6) is -0.0902. The highest BCUT2D eigenvalue weighted by Crippen LogP contribution is 2.40. The topological polar surface area (TPSA) is 55.4 Å². The van der Waals surface area contributed by atoms with Crippen LogP contribution >= 0.6 is 15.9 Å². The average molecular weight is 352 g/mol. The van der Waals surface area contributed by atoms with Gasteiger partial charge in [0.1, 0.15) is 0 Å². The van der Waals surface area contributed by atoms with Gasteiger partial charge in [-0.15, -0.1) is 0 Å². The Bertz CT molecular complexity index is 537. The van der Waals surface area contributed by atoms with E-state index in [0.717, 1.165) is 36.1 Å². The molecule has 2 fully saturated rings. The van der Waals surface area contributed by atoms with Crippen molar-refractivity contribution >= 4 is 27.7 Å². The second-order valence-corrected chi connectivity index (χ2v) is 6.68. The van der Waals surface area contributed by atoms with E-state index in [1.165, 1.54) is 0 Å². The van der Waals surface area contributed by atoms with Crippen LogP contribution in [0.4, 0.5) is 0 Å². The normalized spacial score (nSPS) is 27.5. The second kappa shape index (κ2) is 6.28. The molecule has 5 heteroatoms. The van der Waals surface area contributed by atoms with Crippen molar-refractivity contribution in [2.75, 3.05) is 13.2 Å². The lowest BCUT2D eigenvalue weighted by Gasteiger charge is -2.37. The minimum Gasteiger partial charge on any atom is -0.381 e. The fraction of sp³-hybridized carbons (Fsp3) is 0.500. The number of hydrogen-bond donors (Lipinski definition) is 1. The largest absolute Gasteiger partial charge is 0.381 e. The zero-order valence-corrected chi connectivity index (χ0v) is 13.3. The fourth-order valence-electron chi connectivity index (χ4n) is 3.44. The molecule has 0 bridgehead atoms. The molecule has 2 saturated heterocycles. The van der Waals surface area contributed by atoms with Gasteiger partial charge in [-0.1, -0.05) is 28.1 Å². The molecule has 21 heavy (non-hydrogen) atoms. The molecule has 2 heterocycles. The third-order valence-corrected chi connectivity index (χ3v) is 5.02. The number of piperidine rings is 1. The van der Waals surface area contributed by atoms with Gasteiger partial charge in [-0.05, 0) is 42.4 Å². The van der Waals surface area contributed by atoms with Gasteiger partial charge in [0.2, 0.25) is 11.8 Å². The molecule has 112 valence electrons. The maximum absolute atomic E-state index is 12.4. The van der Waals surface area contributed by atoms with Crippen molar-refractivity contribution in [1.82, 2.24) is 5.32 Å². The highest BCUT2D eigenvalue weighted by molar-refractivity contribution is 9.10. The SMILES string of the molecule is O=C1CC(C2CCOCC2)C(c2ccc(Br)cc2)C(=O)N1. The highest BCUT2D eigenvalue weighted by atomic mass is 79.9. The molecule has 0 saturated carbocycles. The van der Waals surface area contributed by atoms with Crippen LogP contribution in [0.5, 0.6) is 0 Å². The summed E-state index contributed by atoms with van der Waals surface area (Å²) in [5.41, 5.74) is 0.986. The molecule has 0 aliphatic carbocycles. The zero-order valence-electron chi connectivity index (χ0n) is 11.7. The predicted molar refractivity (Wildman–Crippen MR) is 81.7 cm³/mol. The number of benzene rings is 1. The molecular weight excluding hydrogens is 334 g/mol. The van der Waals surface area contributed by atoms with E-state index in [1.807, 2.05) is 24.3 Å². The Kier molecular flexibility index (Phi) is 4.40. The summed E-state index contributed by atoms with van der Waals surface area (Å²) in [4.78, 5) is 24.2. The Morgan fingerprint density at radius 3 is 2.43 bits per heavy atom. The minimum absolute atomic E-state index is 0.0799. The molecule has 2 aliphatic heterocycles. The number of halogens is 1. The molecule has 2 unspecified atom stereocenters. The summed E-state index contributed by atoms with van der Waals surface area (Å²) in [6, 6.07) is 7.83. The molecule has 2 amide bonds. The van der Waals surface area contributed by atoms with Gasteiger partial charge in [0.25, 0.3) is 0 Å². The number of hydrogen-bond acceptors (Lipinski definition) is 3. The molecule has 1 N–H and O–H groups in total. The van der Waals surface area contributed by atoms with Crippen LogP contribution in [0.25, 0.3) is 0 Å². The van der Waals surface area contributed by atoms with Gasteiger partial charge in [0, 0.05) is 24.1 Å². The highest BCUT2D eigenvalue weighted by Gasteiger charge is 2.41. The van der Waals surface area contributed by atoms with Gasteiger partial charge in [0.05, 0.1) is 5.92 Å². The van der Waals surface area contributed by atoms with Crippen molar-refractivity contribution in [3.63, 3.8) is 0 Å². The summed E-state index contributed by atoms with van der Waals surface area (Å²) in [5, 5.41) is 2.49. The Balaban J connectivity index is 1.90. The Morgan fingerprint density at radius 2 is 1.76 bits per heavy atom. The van der Waals surface area contributed by atoms with Crippen LogP contribution in [-0.2, 0) is 14.3 Å². The first-order valence-corrected chi connectivity index (χ1v) is 8.11. The van der Waals surface area contributed by atoms with E-state index in [-0.39, 0.29) is 23.7 Å². The van der Waals surface area contributed by atoms with Gasteiger partial charge in [-0.2, -0.15) is 0 Å². The van der Waals surface area contributed by atoms with E-state index in [1.54, 1.807) is 0 Å². The van der Waals surface area contributed by atoms with Crippen LogP contribution < -0.4 is 5.32 Å². The molecular formula is C16H18BrNO3. The first kappa shape index (κ1) is 14.7. The van der Waals surface area contributed by atoms with Crippen molar-refractivity contribution in [2.24, 2.45) is 11.8 Å². The molecule has 2 aliphatic rings. The number of carbonyl (C=O) groups is 2. The number of imide groups is 1. The van der Waals surface area contributed by atoms with E-state index >= 15 is 0 Å². The smallest absolute Gasteiger partial charge is 0.234 e. The molecule has 2 atom stereocenters. The molecule has 4 nitrogen and oxygen atoms in total. The first-order valence-electron chi connectivity index (χ1n) is 7.32. The lowest BCUT2D eigenvalue weighted by atomic mass is 9.71. The number of rotatable bonds is 2. The van der Waals surface area contributed by atoms with Gasteiger partial charge in [-0.3, -0.25) is 14.9 Å². The summed E-state index contributed by atoms with van der Waals surface area (Å²) in [7, 11) is 0. The summed E-state index contributed by atoms with van der Waals surface area (Å²) in [6.07, 6.45) is 2.29. The fourth-order valence-corrected chi connectivity index (χ4v) is 3.71. The van der Waals surface area contributed by atoms with E-state index in [9.17, 15) is 9.59 Å². The van der Waals surface area contributed by atoms with Crippen LogP contribution in [0.2, 0.25) is 0 Å². The van der Waals surface area contributed by atoms with Crippen LogP contribution in [0, 0.1) is 11.8 Å². The lowest BCUT2D eigenvalue weighted by Crippen LogP contribution is -2.47. The molecule has 0 radical (unpaired) electrons. The zero-order chi connectivity index (χ0) is 14.8. The molecule has 1 aromatic rings. The third kappa shape index (κ3) is 3.19.